The molecule has 0 fully saturated rings. The van der Waals surface area contributed by atoms with Gasteiger partial charge in [0, 0.05) is 33.5 Å². The van der Waals surface area contributed by atoms with Crippen LogP contribution < -0.4 is 9.80 Å². The first-order valence-electron chi connectivity index (χ1n) is 18.0. The fourth-order valence-corrected chi connectivity index (χ4v) is 7.01. The summed E-state index contributed by atoms with van der Waals surface area (Å²) in [6.07, 6.45) is 4.39. The zero-order chi connectivity index (χ0) is 35.5. The summed E-state index contributed by atoms with van der Waals surface area (Å²) in [6.45, 7) is 6.76. The fraction of sp³-hybridized carbons (Fsp3) is 0.0800. The predicted octanol–water partition coefficient (Wildman–Crippen LogP) is 14.4. The van der Waals surface area contributed by atoms with Crippen LogP contribution in [0.15, 0.2) is 188 Å². The number of benzene rings is 8. The van der Waals surface area contributed by atoms with Crippen LogP contribution in [0.5, 0.6) is 0 Å². The number of hydrogen-bond acceptors (Lipinski definition) is 2. The first-order valence-corrected chi connectivity index (χ1v) is 18.0. The molecule has 0 aliphatic rings. The smallest absolute Gasteiger partial charge is 0.0540 e. The van der Waals surface area contributed by atoms with E-state index < -0.39 is 0 Å². The standard InChI is InChI=1S/C50H42N2/c1-50(2,3)41-29-35-44(36-30-41)51(42-17-5-4-6-18-42)43-31-25-37(26-32-43)23-24-38-27-33-45(34-28-38)52(48-21-11-15-39-13-7-9-19-46(39)48)49-22-12-16-40-14-8-10-20-47(40)49/h4-36H,1-3H3/b24-23+. The Bertz CT molecular complexity index is 2380. The van der Waals surface area contributed by atoms with Gasteiger partial charge in [0.15, 0.2) is 0 Å². The molecule has 0 saturated carbocycles. The SMILES string of the molecule is CC(C)(C)c1ccc(N(c2ccccc2)c2ccc(/C=C/c3ccc(N(c4cccc5ccccc45)c4cccc5ccccc45)cc3)cc2)cc1. The van der Waals surface area contributed by atoms with E-state index in [-0.39, 0.29) is 5.41 Å². The number of hydrogen-bond donors (Lipinski definition) is 0. The van der Waals surface area contributed by atoms with Crippen molar-refractivity contribution in [3.63, 3.8) is 0 Å². The normalized spacial score (nSPS) is 11.7. The summed E-state index contributed by atoms with van der Waals surface area (Å²) in [5.41, 5.74) is 10.6. The minimum absolute atomic E-state index is 0.108. The highest BCUT2D eigenvalue weighted by atomic mass is 15.1. The molecule has 0 aliphatic heterocycles. The van der Waals surface area contributed by atoms with Gasteiger partial charge in [-0.15, -0.1) is 0 Å². The van der Waals surface area contributed by atoms with E-state index in [0.29, 0.717) is 0 Å². The largest absolute Gasteiger partial charge is 0.311 e. The van der Waals surface area contributed by atoms with Gasteiger partial charge in [0.2, 0.25) is 0 Å². The highest BCUT2D eigenvalue weighted by Crippen LogP contribution is 2.42. The van der Waals surface area contributed by atoms with Crippen molar-refractivity contribution in [1.82, 2.24) is 0 Å². The lowest BCUT2D eigenvalue weighted by Gasteiger charge is -2.28. The number of nitrogens with zero attached hydrogens (tertiary/aromatic N) is 2. The molecule has 0 spiro atoms. The second-order valence-electron chi connectivity index (χ2n) is 14.3. The van der Waals surface area contributed by atoms with Crippen LogP contribution in [-0.4, -0.2) is 0 Å². The van der Waals surface area contributed by atoms with E-state index in [2.05, 4.69) is 231 Å². The van der Waals surface area contributed by atoms with Gasteiger partial charge in [-0.05, 0) is 93.5 Å². The predicted molar refractivity (Wildman–Crippen MR) is 225 cm³/mol. The maximum absolute atomic E-state index is 2.39. The lowest BCUT2D eigenvalue weighted by molar-refractivity contribution is 0.590. The molecule has 0 aliphatic carbocycles. The number of anilines is 6. The van der Waals surface area contributed by atoms with Crippen LogP contribution in [0.1, 0.15) is 37.5 Å². The Labute approximate surface area is 307 Å². The van der Waals surface area contributed by atoms with Crippen molar-refractivity contribution in [2.24, 2.45) is 0 Å². The Hall–Kier alpha value is -6.38. The summed E-state index contributed by atoms with van der Waals surface area (Å²) in [4.78, 5) is 4.71. The molecule has 8 aromatic carbocycles. The molecular weight excluding hydrogens is 629 g/mol. The summed E-state index contributed by atoms with van der Waals surface area (Å²) in [5.74, 6) is 0. The number of fused-ring (bicyclic) bond motifs is 2. The van der Waals surface area contributed by atoms with Gasteiger partial charge in [-0.25, -0.2) is 0 Å². The number of para-hydroxylation sites is 1. The molecule has 0 bridgehead atoms. The van der Waals surface area contributed by atoms with Crippen molar-refractivity contribution in [2.75, 3.05) is 9.80 Å². The second kappa shape index (κ2) is 14.1. The van der Waals surface area contributed by atoms with Gasteiger partial charge in [-0.1, -0.05) is 160 Å². The molecule has 0 amide bonds. The van der Waals surface area contributed by atoms with Crippen LogP contribution in [0.2, 0.25) is 0 Å². The summed E-state index contributed by atoms with van der Waals surface area (Å²) in [6, 6.07) is 67.6. The zero-order valence-electron chi connectivity index (χ0n) is 29.9. The van der Waals surface area contributed by atoms with E-state index in [0.717, 1.165) is 45.3 Å². The van der Waals surface area contributed by atoms with E-state index in [1.165, 1.54) is 27.1 Å². The third-order valence-electron chi connectivity index (χ3n) is 9.79. The van der Waals surface area contributed by atoms with Crippen molar-refractivity contribution in [2.45, 2.75) is 26.2 Å². The van der Waals surface area contributed by atoms with Crippen LogP contribution in [0.25, 0.3) is 33.7 Å². The Morgan fingerprint density at radius 1 is 0.346 bits per heavy atom. The van der Waals surface area contributed by atoms with Crippen LogP contribution in [0.4, 0.5) is 34.1 Å². The summed E-state index contributed by atoms with van der Waals surface area (Å²) < 4.78 is 0. The molecule has 8 rings (SSSR count). The van der Waals surface area contributed by atoms with Crippen LogP contribution >= 0.6 is 0 Å². The van der Waals surface area contributed by atoms with Crippen LogP contribution in [0, 0.1) is 0 Å². The Balaban J connectivity index is 1.09. The van der Waals surface area contributed by atoms with Gasteiger partial charge in [0.25, 0.3) is 0 Å². The van der Waals surface area contributed by atoms with Gasteiger partial charge >= 0.3 is 0 Å². The van der Waals surface area contributed by atoms with Crippen molar-refractivity contribution in [3.8, 4) is 0 Å². The molecule has 2 nitrogen and oxygen atoms in total. The van der Waals surface area contributed by atoms with Gasteiger partial charge < -0.3 is 9.80 Å². The third-order valence-corrected chi connectivity index (χ3v) is 9.79. The monoisotopic (exact) mass is 670 g/mol. The molecule has 0 unspecified atom stereocenters. The van der Waals surface area contributed by atoms with Gasteiger partial charge in [-0.2, -0.15) is 0 Å². The summed E-state index contributed by atoms with van der Waals surface area (Å²) in [7, 11) is 0. The fourth-order valence-electron chi connectivity index (χ4n) is 7.01. The average Bonchev–Trinajstić information content (AvgIpc) is 3.19. The van der Waals surface area contributed by atoms with Crippen LogP contribution in [-0.2, 0) is 5.41 Å². The number of rotatable bonds is 8. The lowest BCUT2D eigenvalue weighted by atomic mass is 9.87. The molecule has 0 aromatic heterocycles. The Morgan fingerprint density at radius 2 is 0.731 bits per heavy atom. The molecule has 52 heavy (non-hydrogen) atoms. The first-order chi connectivity index (χ1) is 25.4. The molecule has 0 N–H and O–H groups in total. The quantitative estimate of drug-likeness (QED) is 0.148. The highest BCUT2D eigenvalue weighted by molar-refractivity contribution is 6.04. The molecule has 2 heteroatoms. The van der Waals surface area contributed by atoms with E-state index in [9.17, 15) is 0 Å². The van der Waals surface area contributed by atoms with E-state index in [1.807, 2.05) is 0 Å². The molecule has 8 aromatic rings. The molecule has 0 atom stereocenters. The minimum atomic E-state index is 0.108. The highest BCUT2D eigenvalue weighted by Gasteiger charge is 2.18. The van der Waals surface area contributed by atoms with Crippen LogP contribution in [0.3, 0.4) is 0 Å². The second-order valence-corrected chi connectivity index (χ2v) is 14.3. The van der Waals surface area contributed by atoms with Crippen molar-refractivity contribution < 1.29 is 0 Å². The maximum Gasteiger partial charge on any atom is 0.0540 e. The Morgan fingerprint density at radius 3 is 1.21 bits per heavy atom. The minimum Gasteiger partial charge on any atom is -0.311 e. The molecule has 0 heterocycles. The molecule has 0 radical (unpaired) electrons. The van der Waals surface area contributed by atoms with Gasteiger partial charge in [0.05, 0.1) is 11.4 Å². The lowest BCUT2D eigenvalue weighted by Crippen LogP contribution is -2.13. The van der Waals surface area contributed by atoms with E-state index in [1.54, 1.807) is 0 Å². The van der Waals surface area contributed by atoms with Crippen molar-refractivity contribution >= 4 is 67.8 Å². The summed E-state index contributed by atoms with van der Waals surface area (Å²) in [5, 5.41) is 4.89. The first kappa shape index (κ1) is 32.8. The molecule has 0 saturated heterocycles. The van der Waals surface area contributed by atoms with Gasteiger partial charge in [-0.3, -0.25) is 0 Å². The van der Waals surface area contributed by atoms with E-state index in [4.69, 9.17) is 0 Å². The van der Waals surface area contributed by atoms with Gasteiger partial charge in [0.1, 0.15) is 0 Å². The average molecular weight is 671 g/mol. The topological polar surface area (TPSA) is 6.48 Å². The Kier molecular flexibility index (Phi) is 8.89. The van der Waals surface area contributed by atoms with E-state index >= 15 is 0 Å². The third kappa shape index (κ3) is 6.72. The van der Waals surface area contributed by atoms with Crippen molar-refractivity contribution in [1.29, 1.82) is 0 Å². The maximum atomic E-state index is 2.39. The summed E-state index contributed by atoms with van der Waals surface area (Å²) >= 11 is 0. The van der Waals surface area contributed by atoms with Crippen molar-refractivity contribution in [3.05, 3.63) is 205 Å². The molecular formula is C50H42N2. The zero-order valence-corrected chi connectivity index (χ0v) is 29.9. The molecule has 252 valence electrons.